The van der Waals surface area contributed by atoms with Crippen LogP contribution in [0, 0.1) is 0 Å². The summed E-state index contributed by atoms with van der Waals surface area (Å²) in [6, 6.07) is 0. The fraction of sp³-hybridized carbons (Fsp3) is 0.833. The van der Waals surface area contributed by atoms with Crippen LogP contribution < -0.4 is 0 Å². The van der Waals surface area contributed by atoms with Crippen LogP contribution in [0.15, 0.2) is 0 Å². The van der Waals surface area contributed by atoms with Gasteiger partial charge in [-0.1, -0.05) is 17.5 Å². The fourth-order valence-electron chi connectivity index (χ4n) is 0.624. The molecular weight excluding hydrogens is 152 g/mol. The minimum absolute atomic E-state index is 0.221. The molecule has 0 saturated carbocycles. The van der Waals surface area contributed by atoms with Gasteiger partial charge in [0.05, 0.1) is 0 Å². The molecule has 0 spiro atoms. The molecule has 0 aliphatic rings. The summed E-state index contributed by atoms with van der Waals surface area (Å²) in [5, 5.41) is 0. The molecule has 0 radical (unpaired) electrons. The lowest BCUT2D eigenvalue weighted by Gasteiger charge is -2.02. The molecule has 0 aromatic rings. The average molecular weight is 163 g/mol. The van der Waals surface area contributed by atoms with E-state index >= 15 is 0 Å². The zero-order valence-corrected chi connectivity index (χ0v) is 6.56. The number of hydrogen-bond donors (Lipinski definition) is 0. The van der Waals surface area contributed by atoms with Crippen molar-refractivity contribution in [1.29, 1.82) is 0 Å². The van der Waals surface area contributed by atoms with Gasteiger partial charge in [-0.15, -0.1) is 0 Å². The van der Waals surface area contributed by atoms with Crippen molar-refractivity contribution in [3.8, 4) is 0 Å². The van der Waals surface area contributed by atoms with Crippen molar-refractivity contribution in [2.24, 2.45) is 0 Å². The van der Waals surface area contributed by atoms with Crippen LogP contribution in [0.1, 0.15) is 25.7 Å². The molecule has 0 heterocycles. The van der Waals surface area contributed by atoms with Crippen LogP contribution in [0.4, 0.5) is 0 Å². The molecule has 10 heavy (non-hydrogen) atoms. The molecule has 0 N–H and O–H groups in total. The van der Waals surface area contributed by atoms with Gasteiger partial charge in [-0.05, 0) is 12.8 Å². The lowest BCUT2D eigenvalue weighted by molar-refractivity contribution is -0.107. The second-order valence-electron chi connectivity index (χ2n) is 2.02. The maximum atomic E-state index is 9.96. The first-order valence-corrected chi connectivity index (χ1v) is 4.51. The number of carbonyl (C=O) groups excluding carboxylic acids is 1. The van der Waals surface area contributed by atoms with Crippen molar-refractivity contribution in [2.75, 3.05) is 5.75 Å². The Bertz CT molecular complexity index is 114. The molecule has 0 aliphatic carbocycles. The molecule has 0 aromatic carbocycles. The summed E-state index contributed by atoms with van der Waals surface area (Å²) >= 11 is -1.91. The first-order chi connectivity index (χ1) is 4.77. The van der Waals surface area contributed by atoms with E-state index < -0.39 is 11.1 Å². The summed E-state index contributed by atoms with van der Waals surface area (Å²) in [6.45, 7) is 0. The Labute approximate surface area is 63.1 Å². The van der Waals surface area contributed by atoms with Crippen molar-refractivity contribution in [1.82, 2.24) is 0 Å². The standard InChI is InChI=1S/C6H12O3S/c7-5-3-1-2-4-6-10(8)9/h5H,1-4,6H2,(H,8,9)/p-1. The van der Waals surface area contributed by atoms with Crippen molar-refractivity contribution >= 4 is 17.4 Å². The van der Waals surface area contributed by atoms with E-state index in [1.54, 1.807) is 0 Å². The molecule has 0 fully saturated rings. The Morgan fingerprint density at radius 1 is 1.30 bits per heavy atom. The summed E-state index contributed by atoms with van der Waals surface area (Å²) in [5.41, 5.74) is 0. The SMILES string of the molecule is O=CCCCCCS(=O)[O-]. The van der Waals surface area contributed by atoms with E-state index in [-0.39, 0.29) is 5.75 Å². The molecule has 0 aromatic heterocycles. The molecule has 1 unspecified atom stereocenters. The normalized spacial score (nSPS) is 12.9. The van der Waals surface area contributed by atoms with Crippen molar-refractivity contribution in [2.45, 2.75) is 25.7 Å². The number of unbranched alkanes of at least 4 members (excludes halogenated alkanes) is 3. The predicted molar refractivity (Wildman–Crippen MR) is 38.3 cm³/mol. The van der Waals surface area contributed by atoms with Crippen LogP contribution >= 0.6 is 0 Å². The summed E-state index contributed by atoms with van der Waals surface area (Å²) in [4.78, 5) is 9.78. The molecule has 0 aliphatic heterocycles. The first-order valence-electron chi connectivity index (χ1n) is 3.27. The van der Waals surface area contributed by atoms with Gasteiger partial charge in [0, 0.05) is 12.2 Å². The van der Waals surface area contributed by atoms with Gasteiger partial charge < -0.3 is 9.35 Å². The molecule has 0 rings (SSSR count). The maximum Gasteiger partial charge on any atom is 0.119 e. The Morgan fingerprint density at radius 3 is 2.50 bits per heavy atom. The van der Waals surface area contributed by atoms with E-state index in [4.69, 9.17) is 0 Å². The molecule has 3 nitrogen and oxygen atoms in total. The molecule has 60 valence electrons. The summed E-state index contributed by atoms with van der Waals surface area (Å²) < 4.78 is 19.9. The number of carbonyl (C=O) groups is 1. The van der Waals surface area contributed by atoms with Gasteiger partial charge in [-0.2, -0.15) is 0 Å². The van der Waals surface area contributed by atoms with E-state index in [0.29, 0.717) is 12.8 Å². The van der Waals surface area contributed by atoms with Crippen LogP contribution in [0.25, 0.3) is 0 Å². The molecule has 0 saturated heterocycles. The largest absolute Gasteiger partial charge is 0.772 e. The fourth-order valence-corrected chi connectivity index (χ4v) is 1.06. The summed E-state index contributed by atoms with van der Waals surface area (Å²) in [7, 11) is 0. The van der Waals surface area contributed by atoms with E-state index in [1.807, 2.05) is 0 Å². The minimum Gasteiger partial charge on any atom is -0.772 e. The third-order valence-corrected chi connectivity index (χ3v) is 1.75. The third kappa shape index (κ3) is 7.78. The zero-order valence-electron chi connectivity index (χ0n) is 5.75. The van der Waals surface area contributed by atoms with Gasteiger partial charge in [0.2, 0.25) is 0 Å². The van der Waals surface area contributed by atoms with E-state index in [1.165, 1.54) is 0 Å². The second kappa shape index (κ2) is 6.89. The van der Waals surface area contributed by atoms with E-state index in [0.717, 1.165) is 19.1 Å². The second-order valence-corrected chi connectivity index (χ2v) is 3.04. The highest BCUT2D eigenvalue weighted by Crippen LogP contribution is 1.97. The van der Waals surface area contributed by atoms with Crippen molar-refractivity contribution in [3.63, 3.8) is 0 Å². The van der Waals surface area contributed by atoms with Gasteiger partial charge in [-0.3, -0.25) is 4.21 Å². The summed E-state index contributed by atoms with van der Waals surface area (Å²) in [6.07, 6.45) is 3.71. The van der Waals surface area contributed by atoms with Crippen LogP contribution in [-0.2, 0) is 15.9 Å². The maximum absolute atomic E-state index is 9.96. The van der Waals surface area contributed by atoms with Crippen LogP contribution in [0.3, 0.4) is 0 Å². The van der Waals surface area contributed by atoms with Crippen LogP contribution in [-0.4, -0.2) is 20.8 Å². The Kier molecular flexibility index (Phi) is 6.74. The van der Waals surface area contributed by atoms with E-state index in [9.17, 15) is 13.6 Å². The highest BCUT2D eigenvalue weighted by molar-refractivity contribution is 7.79. The molecule has 1 atom stereocenters. The number of hydrogen-bond acceptors (Lipinski definition) is 3. The quantitative estimate of drug-likeness (QED) is 0.328. The smallest absolute Gasteiger partial charge is 0.119 e. The topological polar surface area (TPSA) is 57.2 Å². The number of rotatable bonds is 6. The van der Waals surface area contributed by atoms with Gasteiger partial charge >= 0.3 is 0 Å². The predicted octanol–water partition coefficient (Wildman–Crippen LogP) is 0.625. The van der Waals surface area contributed by atoms with Gasteiger partial charge in [0.25, 0.3) is 0 Å². The monoisotopic (exact) mass is 163 g/mol. The van der Waals surface area contributed by atoms with Gasteiger partial charge in [0.1, 0.15) is 6.29 Å². The van der Waals surface area contributed by atoms with E-state index in [2.05, 4.69) is 0 Å². The van der Waals surface area contributed by atoms with Crippen LogP contribution in [0.5, 0.6) is 0 Å². The van der Waals surface area contributed by atoms with Gasteiger partial charge in [0.15, 0.2) is 0 Å². The summed E-state index contributed by atoms with van der Waals surface area (Å²) in [5.74, 6) is 0.221. The number of aldehydes is 1. The van der Waals surface area contributed by atoms with Crippen molar-refractivity contribution < 1.29 is 13.6 Å². The zero-order chi connectivity index (χ0) is 7.82. The Hall–Kier alpha value is -0.220. The lowest BCUT2D eigenvalue weighted by Crippen LogP contribution is -1.94. The van der Waals surface area contributed by atoms with Crippen molar-refractivity contribution in [3.05, 3.63) is 0 Å². The van der Waals surface area contributed by atoms with Crippen LogP contribution in [0.2, 0.25) is 0 Å². The highest BCUT2D eigenvalue weighted by atomic mass is 32.2. The molecule has 0 bridgehead atoms. The molecule has 0 amide bonds. The average Bonchev–Trinajstić information content (AvgIpc) is 1.87. The molecule has 4 heteroatoms. The third-order valence-electron chi connectivity index (χ3n) is 1.13. The minimum atomic E-state index is -1.91. The first kappa shape index (κ1) is 9.78. The lowest BCUT2D eigenvalue weighted by atomic mass is 10.2. The Balaban J connectivity index is 2.90. The Morgan fingerprint density at radius 2 is 2.00 bits per heavy atom. The van der Waals surface area contributed by atoms with Gasteiger partial charge in [-0.25, -0.2) is 0 Å². The highest BCUT2D eigenvalue weighted by Gasteiger charge is 1.87. The molecular formula is C6H11O3S-.